The molecule has 4 nitrogen and oxygen atoms in total. The smallest absolute Gasteiger partial charge is 0.367 e. The lowest BCUT2D eigenvalue weighted by molar-refractivity contribution is -0.140. The van der Waals surface area contributed by atoms with Gasteiger partial charge in [0.05, 0.1) is 12.2 Å². The van der Waals surface area contributed by atoms with E-state index < -0.39 is 29.6 Å². The van der Waals surface area contributed by atoms with E-state index >= 15 is 0 Å². The van der Waals surface area contributed by atoms with Crippen LogP contribution >= 0.6 is 0 Å². The lowest BCUT2D eigenvalue weighted by Crippen LogP contribution is -2.48. The number of morpholine rings is 1. The summed E-state index contributed by atoms with van der Waals surface area (Å²) >= 11 is 0. The Morgan fingerprint density at radius 3 is 2.76 bits per heavy atom. The van der Waals surface area contributed by atoms with E-state index in [2.05, 4.69) is 0 Å². The number of carbonyl (C=O) groups excluding carboxylic acids is 1. The summed E-state index contributed by atoms with van der Waals surface area (Å²) < 4.78 is 56.9. The third-order valence-corrected chi connectivity index (χ3v) is 3.24. The summed E-state index contributed by atoms with van der Waals surface area (Å²) in [6.07, 6.45) is -5.47. The normalized spacial score (nSPS) is 20.5. The van der Waals surface area contributed by atoms with Crippen molar-refractivity contribution in [3.8, 4) is 0 Å². The van der Waals surface area contributed by atoms with Crippen molar-refractivity contribution < 1.29 is 27.1 Å². The molecule has 116 valence electrons. The number of amides is 1. The van der Waals surface area contributed by atoms with Crippen molar-refractivity contribution in [1.29, 1.82) is 0 Å². The molecule has 2 rings (SSSR count). The SMILES string of the molecule is NC(=O)[C@H]1CN(Cc2ccc(F)cc2C(F)(F)F)CCO1. The molecule has 1 atom stereocenters. The number of nitrogens with two attached hydrogens (primary N) is 1. The minimum atomic E-state index is -4.63. The van der Waals surface area contributed by atoms with Gasteiger partial charge in [0.1, 0.15) is 11.9 Å². The monoisotopic (exact) mass is 306 g/mol. The van der Waals surface area contributed by atoms with Gasteiger partial charge in [-0.25, -0.2) is 4.39 Å². The zero-order valence-electron chi connectivity index (χ0n) is 11.0. The summed E-state index contributed by atoms with van der Waals surface area (Å²) in [6, 6.07) is 2.56. The molecule has 1 aromatic carbocycles. The van der Waals surface area contributed by atoms with Crippen LogP contribution in [-0.4, -0.2) is 36.6 Å². The van der Waals surface area contributed by atoms with Gasteiger partial charge in [-0.05, 0) is 17.7 Å². The van der Waals surface area contributed by atoms with Gasteiger partial charge in [0, 0.05) is 19.6 Å². The molecular formula is C13H14F4N2O2. The van der Waals surface area contributed by atoms with Gasteiger partial charge in [0.25, 0.3) is 0 Å². The number of alkyl halides is 3. The maximum atomic E-state index is 13.0. The van der Waals surface area contributed by atoms with Crippen molar-refractivity contribution in [3.63, 3.8) is 0 Å². The zero-order valence-corrected chi connectivity index (χ0v) is 11.0. The highest BCUT2D eigenvalue weighted by atomic mass is 19.4. The number of hydrogen-bond donors (Lipinski definition) is 1. The second-order valence-corrected chi connectivity index (χ2v) is 4.80. The van der Waals surface area contributed by atoms with E-state index in [-0.39, 0.29) is 25.3 Å². The molecule has 0 saturated carbocycles. The molecule has 21 heavy (non-hydrogen) atoms. The fourth-order valence-corrected chi connectivity index (χ4v) is 2.21. The quantitative estimate of drug-likeness (QED) is 0.862. The van der Waals surface area contributed by atoms with Crippen LogP contribution in [0.5, 0.6) is 0 Å². The van der Waals surface area contributed by atoms with Crippen molar-refractivity contribution in [2.45, 2.75) is 18.8 Å². The molecule has 2 N–H and O–H groups in total. The first-order valence-corrected chi connectivity index (χ1v) is 6.26. The Hall–Kier alpha value is -1.67. The van der Waals surface area contributed by atoms with Gasteiger partial charge in [-0.2, -0.15) is 13.2 Å². The summed E-state index contributed by atoms with van der Waals surface area (Å²) in [5.41, 5.74) is 4.06. The second kappa shape index (κ2) is 5.98. The Morgan fingerprint density at radius 1 is 1.43 bits per heavy atom. The molecular weight excluding hydrogens is 292 g/mol. The molecule has 8 heteroatoms. The largest absolute Gasteiger partial charge is 0.416 e. The second-order valence-electron chi connectivity index (χ2n) is 4.80. The molecule has 1 aliphatic heterocycles. The van der Waals surface area contributed by atoms with E-state index in [9.17, 15) is 22.4 Å². The molecule has 0 bridgehead atoms. The molecule has 0 unspecified atom stereocenters. The summed E-state index contributed by atoms with van der Waals surface area (Å²) in [5, 5.41) is 0. The van der Waals surface area contributed by atoms with Gasteiger partial charge >= 0.3 is 6.18 Å². The van der Waals surface area contributed by atoms with Gasteiger partial charge < -0.3 is 10.5 Å². The maximum Gasteiger partial charge on any atom is 0.416 e. The van der Waals surface area contributed by atoms with Crippen LogP contribution in [0.25, 0.3) is 0 Å². The fourth-order valence-electron chi connectivity index (χ4n) is 2.21. The van der Waals surface area contributed by atoms with Crippen molar-refractivity contribution in [2.24, 2.45) is 5.73 Å². The molecule has 0 radical (unpaired) electrons. The molecule has 0 spiro atoms. The number of halogens is 4. The van der Waals surface area contributed by atoms with E-state index in [4.69, 9.17) is 10.5 Å². The highest BCUT2D eigenvalue weighted by Gasteiger charge is 2.34. The van der Waals surface area contributed by atoms with E-state index in [0.29, 0.717) is 12.6 Å². The van der Waals surface area contributed by atoms with Crippen LogP contribution in [0.3, 0.4) is 0 Å². The Balaban J connectivity index is 2.18. The van der Waals surface area contributed by atoms with Crippen molar-refractivity contribution in [1.82, 2.24) is 4.90 Å². The number of primary amides is 1. The van der Waals surface area contributed by atoms with Crippen LogP contribution in [0.15, 0.2) is 18.2 Å². The Kier molecular flexibility index (Phi) is 4.48. The summed E-state index contributed by atoms with van der Waals surface area (Å²) in [7, 11) is 0. The Labute approximate surface area is 118 Å². The van der Waals surface area contributed by atoms with Crippen LogP contribution < -0.4 is 5.73 Å². The summed E-state index contributed by atoms with van der Waals surface area (Å²) in [6.45, 7) is 0.640. The lowest BCUT2D eigenvalue weighted by Gasteiger charge is -2.31. The molecule has 0 aromatic heterocycles. The van der Waals surface area contributed by atoms with E-state index in [1.165, 1.54) is 0 Å². The maximum absolute atomic E-state index is 13.0. The molecule has 1 aromatic rings. The first kappa shape index (κ1) is 15.7. The van der Waals surface area contributed by atoms with Crippen LogP contribution in [-0.2, 0) is 22.3 Å². The third kappa shape index (κ3) is 3.92. The van der Waals surface area contributed by atoms with Crippen molar-refractivity contribution in [3.05, 3.63) is 35.1 Å². The van der Waals surface area contributed by atoms with Crippen LogP contribution in [0, 0.1) is 5.82 Å². The Bertz CT molecular complexity index is 533. The van der Waals surface area contributed by atoms with Crippen LogP contribution in [0.4, 0.5) is 17.6 Å². The first-order chi connectivity index (χ1) is 9.77. The summed E-state index contributed by atoms with van der Waals surface area (Å²) in [5.74, 6) is -1.60. The molecule has 1 aliphatic rings. The van der Waals surface area contributed by atoms with Crippen molar-refractivity contribution in [2.75, 3.05) is 19.7 Å². The predicted octanol–water partition coefficient (Wildman–Crippen LogP) is 1.53. The van der Waals surface area contributed by atoms with Crippen molar-refractivity contribution >= 4 is 5.91 Å². The molecule has 1 heterocycles. The van der Waals surface area contributed by atoms with E-state index in [0.717, 1.165) is 12.1 Å². The van der Waals surface area contributed by atoms with E-state index in [1.807, 2.05) is 0 Å². The number of benzene rings is 1. The van der Waals surface area contributed by atoms with Gasteiger partial charge in [-0.15, -0.1) is 0 Å². The zero-order chi connectivity index (χ0) is 15.6. The average molecular weight is 306 g/mol. The molecule has 1 amide bonds. The third-order valence-electron chi connectivity index (χ3n) is 3.24. The molecule has 1 fully saturated rings. The number of carbonyl (C=O) groups is 1. The van der Waals surface area contributed by atoms with Gasteiger partial charge in [0.15, 0.2) is 0 Å². The first-order valence-electron chi connectivity index (χ1n) is 6.26. The topological polar surface area (TPSA) is 55.6 Å². The standard InChI is InChI=1S/C13H14F4N2O2/c14-9-2-1-8(10(5-9)13(15,16)17)6-19-3-4-21-11(7-19)12(18)20/h1-2,5,11H,3-4,6-7H2,(H2,18,20)/t11-/m1/s1. The minimum Gasteiger partial charge on any atom is -0.367 e. The van der Waals surface area contributed by atoms with E-state index in [1.54, 1.807) is 4.90 Å². The molecule has 1 saturated heterocycles. The number of rotatable bonds is 3. The fraction of sp³-hybridized carbons (Fsp3) is 0.462. The van der Waals surface area contributed by atoms with Gasteiger partial charge in [0.2, 0.25) is 5.91 Å². The average Bonchev–Trinajstić information content (AvgIpc) is 2.40. The number of hydrogen-bond acceptors (Lipinski definition) is 3. The lowest BCUT2D eigenvalue weighted by atomic mass is 10.1. The molecule has 0 aliphatic carbocycles. The highest BCUT2D eigenvalue weighted by Crippen LogP contribution is 2.33. The highest BCUT2D eigenvalue weighted by molar-refractivity contribution is 5.79. The summed E-state index contributed by atoms with van der Waals surface area (Å²) in [4.78, 5) is 12.7. The van der Waals surface area contributed by atoms with Crippen LogP contribution in [0.1, 0.15) is 11.1 Å². The number of nitrogens with zero attached hydrogens (tertiary/aromatic N) is 1. The van der Waals surface area contributed by atoms with Crippen LogP contribution in [0.2, 0.25) is 0 Å². The Morgan fingerprint density at radius 2 is 2.14 bits per heavy atom. The van der Waals surface area contributed by atoms with Gasteiger partial charge in [-0.3, -0.25) is 9.69 Å². The predicted molar refractivity (Wildman–Crippen MR) is 65.6 cm³/mol. The minimum absolute atomic E-state index is 0.0472. The van der Waals surface area contributed by atoms with Gasteiger partial charge in [-0.1, -0.05) is 6.07 Å². The number of ether oxygens (including phenoxy) is 1.